The molecular weight excluding hydrogens is 477 g/mol. The van der Waals surface area contributed by atoms with Crippen LogP contribution in [0.5, 0.6) is 0 Å². The van der Waals surface area contributed by atoms with Gasteiger partial charge in [0.25, 0.3) is 0 Å². The Labute approximate surface area is 216 Å². The number of hydrogen-bond donors (Lipinski definition) is 3. The molecule has 2 aliphatic rings. The summed E-state index contributed by atoms with van der Waals surface area (Å²) in [5, 5.41) is 14.3. The fourth-order valence-electron chi connectivity index (χ4n) is 5.90. The van der Waals surface area contributed by atoms with Gasteiger partial charge >= 0.3 is 0 Å². The third-order valence-corrected chi connectivity index (χ3v) is 7.84. The van der Waals surface area contributed by atoms with E-state index in [2.05, 4.69) is 33.1 Å². The summed E-state index contributed by atoms with van der Waals surface area (Å²) in [6.45, 7) is 8.29. The van der Waals surface area contributed by atoms with E-state index in [1.165, 1.54) is 12.1 Å². The number of likely N-dealkylation sites (tertiary alicyclic amines) is 1. The number of rotatable bonds is 9. The van der Waals surface area contributed by atoms with Crippen molar-refractivity contribution in [1.82, 2.24) is 14.8 Å². The van der Waals surface area contributed by atoms with Crippen LogP contribution in [0.3, 0.4) is 0 Å². The van der Waals surface area contributed by atoms with Crippen LogP contribution in [0.2, 0.25) is 0 Å². The Kier molecular flexibility index (Phi) is 7.27. The van der Waals surface area contributed by atoms with Crippen molar-refractivity contribution in [2.75, 3.05) is 44.8 Å². The minimum absolute atomic E-state index is 0.0180. The van der Waals surface area contributed by atoms with Crippen molar-refractivity contribution in [3.63, 3.8) is 0 Å². The van der Waals surface area contributed by atoms with Crippen LogP contribution in [0.1, 0.15) is 50.1 Å². The van der Waals surface area contributed by atoms with E-state index in [0.29, 0.717) is 25.2 Å². The van der Waals surface area contributed by atoms with Crippen LogP contribution in [-0.2, 0) is 6.42 Å². The molecule has 2 atom stereocenters. The number of alkyl halides is 1. The second kappa shape index (κ2) is 10.3. The average Bonchev–Trinajstić information content (AvgIpc) is 3.19. The minimum Gasteiger partial charge on any atom is -0.396 e. The van der Waals surface area contributed by atoms with E-state index in [0.717, 1.165) is 41.7 Å². The van der Waals surface area contributed by atoms with Crippen LogP contribution in [0.25, 0.3) is 10.9 Å². The Hall–Kier alpha value is -2.55. The van der Waals surface area contributed by atoms with Crippen molar-refractivity contribution in [3.8, 4) is 0 Å². The zero-order chi connectivity index (χ0) is 26.3. The van der Waals surface area contributed by atoms with Crippen molar-refractivity contribution in [3.05, 3.63) is 64.9 Å². The Morgan fingerprint density at radius 2 is 1.84 bits per heavy atom. The number of nitrogens with zero attached hydrogens (tertiary/aromatic N) is 2. The molecule has 3 N–H and O–H groups in total. The lowest BCUT2D eigenvalue weighted by atomic mass is 9.84. The van der Waals surface area contributed by atoms with E-state index >= 15 is 8.78 Å². The number of benzene rings is 2. The standard InChI is InChI=1S/C29H37F3N4O/c1-18-11-22-21-7-4-5-8-25(21)34-27(22)28(36(18)16-29(2,3)17-37)26-23(31)12-19(13-24(26)32)33-20-14-35(15-20)10-6-9-30/h4-5,7-8,12-13,18,20,28,33-34,37H,6,9-11,14-17H2,1-3H3/t18-,28-/m1/s1. The molecule has 37 heavy (non-hydrogen) atoms. The summed E-state index contributed by atoms with van der Waals surface area (Å²) in [6, 6.07) is 10.2. The summed E-state index contributed by atoms with van der Waals surface area (Å²) < 4.78 is 44.1. The van der Waals surface area contributed by atoms with Crippen molar-refractivity contribution >= 4 is 16.6 Å². The van der Waals surface area contributed by atoms with Crippen LogP contribution in [0.4, 0.5) is 18.9 Å². The molecule has 5 nitrogen and oxygen atoms in total. The number of aliphatic hydroxyl groups excluding tert-OH is 1. The maximum atomic E-state index is 15.9. The average molecular weight is 515 g/mol. The second-order valence-electron chi connectivity index (χ2n) is 11.5. The highest BCUT2D eigenvalue weighted by atomic mass is 19.1. The molecule has 0 amide bonds. The molecule has 0 radical (unpaired) electrons. The van der Waals surface area contributed by atoms with Gasteiger partial charge in [-0.2, -0.15) is 0 Å². The van der Waals surface area contributed by atoms with Crippen molar-refractivity contribution in [2.24, 2.45) is 5.41 Å². The SMILES string of the molecule is C[C@@H]1Cc2c([nH]c3ccccc23)[C@@H](c2c(F)cc(NC3CN(CCCF)C3)cc2F)N1CC(C)(C)CO. The maximum Gasteiger partial charge on any atom is 0.133 e. The number of anilines is 1. The predicted octanol–water partition coefficient (Wildman–Crippen LogP) is 5.26. The topological polar surface area (TPSA) is 54.5 Å². The first kappa shape index (κ1) is 26.1. The normalized spacial score (nSPS) is 21.3. The van der Waals surface area contributed by atoms with Gasteiger partial charge in [0.1, 0.15) is 11.6 Å². The van der Waals surface area contributed by atoms with Crippen LogP contribution in [-0.4, -0.2) is 71.4 Å². The fraction of sp³-hybridized carbons (Fsp3) is 0.517. The third kappa shape index (κ3) is 5.11. The van der Waals surface area contributed by atoms with E-state index in [9.17, 15) is 9.50 Å². The first-order valence-corrected chi connectivity index (χ1v) is 13.2. The molecule has 0 bridgehead atoms. The predicted molar refractivity (Wildman–Crippen MR) is 142 cm³/mol. The van der Waals surface area contributed by atoms with Crippen LogP contribution in [0, 0.1) is 17.0 Å². The molecule has 1 saturated heterocycles. The summed E-state index contributed by atoms with van der Waals surface area (Å²) in [4.78, 5) is 7.72. The van der Waals surface area contributed by atoms with Gasteiger partial charge in [-0.1, -0.05) is 32.0 Å². The number of H-pyrrole nitrogens is 1. The number of aromatic amines is 1. The first-order valence-electron chi connectivity index (χ1n) is 13.2. The van der Waals surface area contributed by atoms with Gasteiger partial charge in [0.05, 0.1) is 18.8 Å². The van der Waals surface area contributed by atoms with Crippen LogP contribution >= 0.6 is 0 Å². The molecule has 3 aromatic rings. The molecule has 1 fully saturated rings. The molecule has 2 aliphatic heterocycles. The van der Waals surface area contributed by atoms with Gasteiger partial charge in [0, 0.05) is 72.1 Å². The molecule has 8 heteroatoms. The van der Waals surface area contributed by atoms with E-state index in [4.69, 9.17) is 0 Å². The first-order chi connectivity index (χ1) is 17.7. The molecule has 0 spiro atoms. The molecule has 0 unspecified atom stereocenters. The smallest absolute Gasteiger partial charge is 0.133 e. The summed E-state index contributed by atoms with van der Waals surface area (Å²) in [7, 11) is 0. The van der Waals surface area contributed by atoms with Crippen LogP contribution in [0.15, 0.2) is 36.4 Å². The minimum atomic E-state index is -0.647. The Morgan fingerprint density at radius 1 is 1.14 bits per heavy atom. The van der Waals surface area contributed by atoms with Crippen molar-refractivity contribution < 1.29 is 18.3 Å². The van der Waals surface area contributed by atoms with Gasteiger partial charge in [-0.25, -0.2) is 8.78 Å². The number of nitrogens with one attached hydrogen (secondary N) is 2. The lowest BCUT2D eigenvalue weighted by Gasteiger charge is -2.44. The summed E-state index contributed by atoms with van der Waals surface area (Å²) in [5.74, 6) is -1.18. The highest BCUT2D eigenvalue weighted by Gasteiger charge is 2.41. The van der Waals surface area contributed by atoms with Crippen LogP contribution < -0.4 is 5.32 Å². The van der Waals surface area contributed by atoms with Gasteiger partial charge in [-0.05, 0) is 43.5 Å². The van der Waals surface area contributed by atoms with Gasteiger partial charge in [0.15, 0.2) is 0 Å². The second-order valence-corrected chi connectivity index (χ2v) is 11.5. The van der Waals surface area contributed by atoms with Gasteiger partial charge in [0.2, 0.25) is 0 Å². The van der Waals surface area contributed by atoms with Crippen molar-refractivity contribution in [2.45, 2.75) is 51.7 Å². The molecular formula is C29H37F3N4O. The Morgan fingerprint density at radius 3 is 2.51 bits per heavy atom. The Balaban J connectivity index is 1.50. The molecule has 2 aromatic carbocycles. The van der Waals surface area contributed by atoms with E-state index < -0.39 is 23.1 Å². The Bertz CT molecular complexity index is 1230. The lowest BCUT2D eigenvalue weighted by Crippen LogP contribution is -2.54. The highest BCUT2D eigenvalue weighted by Crippen LogP contribution is 2.44. The number of hydrogen-bond acceptors (Lipinski definition) is 4. The number of aliphatic hydroxyl groups is 1. The maximum absolute atomic E-state index is 15.9. The summed E-state index contributed by atoms with van der Waals surface area (Å²) in [6.07, 6.45) is 1.25. The lowest BCUT2D eigenvalue weighted by molar-refractivity contribution is 0.0544. The number of para-hydroxylation sites is 1. The third-order valence-electron chi connectivity index (χ3n) is 7.84. The number of halogens is 3. The van der Waals surface area contributed by atoms with Crippen molar-refractivity contribution in [1.29, 1.82) is 0 Å². The molecule has 5 rings (SSSR count). The van der Waals surface area contributed by atoms with E-state index in [-0.39, 0.29) is 30.9 Å². The fourth-order valence-corrected chi connectivity index (χ4v) is 5.90. The van der Waals surface area contributed by atoms with E-state index in [1.807, 2.05) is 32.0 Å². The highest BCUT2D eigenvalue weighted by molar-refractivity contribution is 5.85. The zero-order valence-electron chi connectivity index (χ0n) is 21.8. The van der Waals surface area contributed by atoms with Gasteiger partial charge in [-0.15, -0.1) is 0 Å². The van der Waals surface area contributed by atoms with E-state index in [1.54, 1.807) is 0 Å². The van der Waals surface area contributed by atoms with Gasteiger partial charge in [-0.3, -0.25) is 14.2 Å². The monoisotopic (exact) mass is 514 g/mol. The zero-order valence-corrected chi connectivity index (χ0v) is 21.8. The molecule has 0 saturated carbocycles. The molecule has 200 valence electrons. The summed E-state index contributed by atoms with van der Waals surface area (Å²) in [5.41, 5.74) is 2.86. The quantitative estimate of drug-likeness (QED) is 0.365. The largest absolute Gasteiger partial charge is 0.396 e. The molecule has 1 aromatic heterocycles. The summed E-state index contributed by atoms with van der Waals surface area (Å²) >= 11 is 0. The number of aromatic nitrogens is 1. The molecule has 0 aliphatic carbocycles. The molecule has 3 heterocycles. The number of fused-ring (bicyclic) bond motifs is 3. The van der Waals surface area contributed by atoms with Gasteiger partial charge < -0.3 is 15.4 Å².